The molecule has 2 N–H and O–H groups in total. The smallest absolute Gasteiger partial charge is 0.262 e. The van der Waals surface area contributed by atoms with Crippen LogP contribution in [0.1, 0.15) is 59.4 Å². The van der Waals surface area contributed by atoms with Gasteiger partial charge < -0.3 is 9.88 Å². The normalized spacial score (nSPS) is 21.7. The topological polar surface area (TPSA) is 109 Å². The molecule has 2 aromatic heterocycles. The summed E-state index contributed by atoms with van der Waals surface area (Å²) in [4.78, 5) is 48.4. The summed E-state index contributed by atoms with van der Waals surface area (Å²) >= 11 is 0. The summed E-state index contributed by atoms with van der Waals surface area (Å²) in [5, 5.41) is 5.77. The van der Waals surface area contributed by atoms with Crippen LogP contribution in [0, 0.1) is 0 Å². The van der Waals surface area contributed by atoms with Crippen LogP contribution >= 0.6 is 0 Å². The van der Waals surface area contributed by atoms with Gasteiger partial charge >= 0.3 is 0 Å². The van der Waals surface area contributed by atoms with Crippen molar-refractivity contribution >= 4 is 40.5 Å². The van der Waals surface area contributed by atoms with Crippen molar-refractivity contribution in [1.82, 2.24) is 19.9 Å². The summed E-state index contributed by atoms with van der Waals surface area (Å²) in [5.41, 5.74) is 1.87. The molecule has 4 heterocycles. The van der Waals surface area contributed by atoms with Crippen molar-refractivity contribution in [2.24, 2.45) is 0 Å². The van der Waals surface area contributed by atoms with E-state index < -0.39 is 18.0 Å². The van der Waals surface area contributed by atoms with Crippen LogP contribution in [-0.2, 0) is 4.79 Å². The standard InChI is InChI=1S/C24H25FN6O3/c1-14-5-2-3-10-27-21(32)15-6-4-7-16(13-15)22(33)29-24-28-18-8-11-26-20(19(18)31(14)24)30-12-9-17(25)23(30)34/h4,6-8,11,13-14,17H,2-3,5,9-10,12H2,1H3,(H,27,32)(H,28,29,33)/t14-,17?/m1/s1. The highest BCUT2D eigenvalue weighted by atomic mass is 19.1. The number of halogens is 1. The van der Waals surface area contributed by atoms with Crippen LogP contribution in [-0.4, -0.2) is 51.5 Å². The van der Waals surface area contributed by atoms with Gasteiger partial charge in [0.05, 0.1) is 5.52 Å². The Hall–Kier alpha value is -3.82. The molecule has 3 aromatic rings. The minimum atomic E-state index is -1.54. The van der Waals surface area contributed by atoms with Crippen molar-refractivity contribution in [3.63, 3.8) is 0 Å². The van der Waals surface area contributed by atoms with Crippen molar-refractivity contribution in [2.45, 2.75) is 44.8 Å². The van der Waals surface area contributed by atoms with Crippen molar-refractivity contribution in [3.8, 4) is 0 Å². The van der Waals surface area contributed by atoms with Crippen LogP contribution in [0.4, 0.5) is 16.2 Å². The number of nitrogens with zero attached hydrogens (tertiary/aromatic N) is 4. The Labute approximate surface area is 195 Å². The third-order valence-electron chi connectivity index (χ3n) is 6.36. The van der Waals surface area contributed by atoms with E-state index in [1.165, 1.54) is 11.1 Å². The van der Waals surface area contributed by atoms with Gasteiger partial charge in [0.15, 0.2) is 12.0 Å². The van der Waals surface area contributed by atoms with Gasteiger partial charge in [-0.3, -0.25) is 24.6 Å². The van der Waals surface area contributed by atoms with E-state index in [9.17, 15) is 18.8 Å². The minimum absolute atomic E-state index is 0.105. The highest BCUT2D eigenvalue weighted by Crippen LogP contribution is 2.34. The molecule has 0 spiro atoms. The Kier molecular flexibility index (Phi) is 5.72. The van der Waals surface area contributed by atoms with E-state index in [2.05, 4.69) is 20.6 Å². The Balaban J connectivity index is 1.63. The molecule has 3 amide bonds. The van der Waals surface area contributed by atoms with Crippen molar-refractivity contribution < 1.29 is 18.8 Å². The average Bonchev–Trinajstić information content (AvgIpc) is 3.37. The summed E-state index contributed by atoms with van der Waals surface area (Å²) in [6.45, 7) is 2.76. The highest BCUT2D eigenvalue weighted by molar-refractivity contribution is 6.07. The number of benzene rings is 1. The van der Waals surface area contributed by atoms with Gasteiger partial charge in [-0.1, -0.05) is 6.07 Å². The lowest BCUT2D eigenvalue weighted by Crippen LogP contribution is -2.29. The van der Waals surface area contributed by atoms with Gasteiger partial charge in [-0.05, 0) is 50.5 Å². The molecule has 34 heavy (non-hydrogen) atoms. The lowest BCUT2D eigenvalue weighted by molar-refractivity contribution is -0.121. The molecule has 9 nitrogen and oxygen atoms in total. The predicted octanol–water partition coefficient (Wildman–Crippen LogP) is 3.23. The number of carbonyl (C=O) groups is 3. The molecule has 176 valence electrons. The number of pyridine rings is 1. The molecule has 0 saturated carbocycles. The number of fused-ring (bicyclic) bond motifs is 5. The number of amides is 3. The van der Waals surface area contributed by atoms with E-state index in [1.54, 1.807) is 30.3 Å². The zero-order valence-corrected chi connectivity index (χ0v) is 18.8. The SMILES string of the molecule is C[C@@H]1CCCCNC(=O)c2cccc(c2)C(=O)Nc2nc3ccnc(N4CCC(F)C4=O)c3n21. The van der Waals surface area contributed by atoms with Crippen LogP contribution in [0.3, 0.4) is 0 Å². The summed E-state index contributed by atoms with van der Waals surface area (Å²) in [7, 11) is 0. The van der Waals surface area contributed by atoms with E-state index in [0.29, 0.717) is 40.5 Å². The number of carbonyl (C=O) groups excluding carboxylic acids is 3. The van der Waals surface area contributed by atoms with Gasteiger partial charge in [0, 0.05) is 42.9 Å². The Morgan fingerprint density at radius 2 is 1.85 bits per heavy atom. The summed E-state index contributed by atoms with van der Waals surface area (Å²) in [6, 6.07) is 8.11. The van der Waals surface area contributed by atoms with Gasteiger partial charge in [-0.2, -0.15) is 0 Å². The number of anilines is 2. The molecule has 0 radical (unpaired) electrons. The molecule has 1 saturated heterocycles. The maximum atomic E-state index is 14.0. The number of alkyl halides is 1. The predicted molar refractivity (Wildman–Crippen MR) is 125 cm³/mol. The lowest BCUT2D eigenvalue weighted by atomic mass is 10.1. The Morgan fingerprint density at radius 1 is 1.06 bits per heavy atom. The molecule has 5 rings (SSSR count). The molecule has 1 fully saturated rings. The van der Waals surface area contributed by atoms with E-state index in [-0.39, 0.29) is 24.9 Å². The zero-order valence-electron chi connectivity index (χ0n) is 18.8. The fourth-order valence-corrected chi connectivity index (χ4v) is 4.57. The third-order valence-corrected chi connectivity index (χ3v) is 6.36. The number of hydrogen-bond donors (Lipinski definition) is 2. The second-order valence-corrected chi connectivity index (χ2v) is 8.69. The maximum Gasteiger partial charge on any atom is 0.262 e. The van der Waals surface area contributed by atoms with Crippen molar-refractivity contribution in [3.05, 3.63) is 47.7 Å². The van der Waals surface area contributed by atoms with E-state index >= 15 is 0 Å². The van der Waals surface area contributed by atoms with E-state index in [1.807, 2.05) is 11.5 Å². The second kappa shape index (κ2) is 8.85. The molecule has 2 bridgehead atoms. The van der Waals surface area contributed by atoms with Gasteiger partial charge in [0.2, 0.25) is 5.95 Å². The van der Waals surface area contributed by atoms with E-state index in [4.69, 9.17) is 0 Å². The molecule has 10 heteroatoms. The maximum absolute atomic E-state index is 14.0. The summed E-state index contributed by atoms with van der Waals surface area (Å²) in [5.74, 6) is -0.578. The van der Waals surface area contributed by atoms with Crippen LogP contribution in [0.5, 0.6) is 0 Å². The molecule has 0 aliphatic carbocycles. The minimum Gasteiger partial charge on any atom is -0.352 e. The monoisotopic (exact) mass is 464 g/mol. The van der Waals surface area contributed by atoms with E-state index in [0.717, 1.165) is 19.3 Å². The first-order valence-corrected chi connectivity index (χ1v) is 11.5. The molecule has 2 aliphatic heterocycles. The van der Waals surface area contributed by atoms with Crippen LogP contribution in [0.2, 0.25) is 0 Å². The van der Waals surface area contributed by atoms with Gasteiger partial charge in [-0.25, -0.2) is 14.4 Å². The number of imidazole rings is 1. The summed E-state index contributed by atoms with van der Waals surface area (Å²) < 4.78 is 15.9. The Bertz CT molecular complexity index is 1290. The van der Waals surface area contributed by atoms with Crippen molar-refractivity contribution in [2.75, 3.05) is 23.3 Å². The quantitative estimate of drug-likeness (QED) is 0.575. The molecular formula is C24H25FN6O3. The van der Waals surface area contributed by atoms with Crippen LogP contribution in [0.15, 0.2) is 36.5 Å². The lowest BCUT2D eigenvalue weighted by Gasteiger charge is -2.22. The number of hydrogen-bond acceptors (Lipinski definition) is 5. The number of nitrogens with one attached hydrogen (secondary N) is 2. The van der Waals surface area contributed by atoms with Gasteiger partial charge in [0.25, 0.3) is 17.7 Å². The molecule has 2 aliphatic rings. The van der Waals surface area contributed by atoms with Gasteiger partial charge in [-0.15, -0.1) is 0 Å². The fourth-order valence-electron chi connectivity index (χ4n) is 4.57. The molecule has 1 unspecified atom stereocenters. The fraction of sp³-hybridized carbons (Fsp3) is 0.375. The third kappa shape index (κ3) is 3.89. The number of aromatic nitrogens is 3. The van der Waals surface area contributed by atoms with Crippen LogP contribution < -0.4 is 15.5 Å². The second-order valence-electron chi connectivity index (χ2n) is 8.69. The Morgan fingerprint density at radius 3 is 2.62 bits per heavy atom. The largest absolute Gasteiger partial charge is 0.352 e. The molecule has 2 atom stereocenters. The highest BCUT2D eigenvalue weighted by Gasteiger charge is 2.35. The summed E-state index contributed by atoms with van der Waals surface area (Å²) in [6.07, 6.45) is 2.45. The van der Waals surface area contributed by atoms with Crippen molar-refractivity contribution in [1.29, 1.82) is 0 Å². The zero-order chi connectivity index (χ0) is 23.8. The molecular weight excluding hydrogens is 439 g/mol. The number of rotatable bonds is 1. The molecule has 1 aromatic carbocycles. The van der Waals surface area contributed by atoms with Crippen LogP contribution in [0.25, 0.3) is 11.0 Å². The average molecular weight is 465 g/mol. The first-order chi connectivity index (χ1) is 16.4. The van der Waals surface area contributed by atoms with Gasteiger partial charge in [0.1, 0.15) is 5.52 Å². The first-order valence-electron chi connectivity index (χ1n) is 11.5. The first kappa shape index (κ1) is 22.0.